The van der Waals surface area contributed by atoms with E-state index in [1.807, 2.05) is 25.6 Å². The quantitative estimate of drug-likeness (QED) is 0.891. The topological polar surface area (TPSA) is 61.6 Å². The average Bonchev–Trinajstić information content (AvgIpc) is 3.11. The Labute approximate surface area is 143 Å². The molecule has 0 bridgehead atoms. The Morgan fingerprint density at radius 3 is 2.74 bits per heavy atom. The van der Waals surface area contributed by atoms with E-state index in [9.17, 15) is 9.90 Å². The lowest BCUT2D eigenvalue weighted by molar-refractivity contribution is 0.0775. The van der Waals surface area contributed by atoms with Crippen molar-refractivity contribution < 1.29 is 9.90 Å². The average molecular weight is 343 g/mol. The zero-order valence-corrected chi connectivity index (χ0v) is 15.0. The molecule has 1 N–H and O–H groups in total. The maximum atomic E-state index is 12.6. The van der Waals surface area contributed by atoms with E-state index in [-0.39, 0.29) is 18.4 Å². The number of fused-ring (bicyclic) bond motifs is 1. The third kappa shape index (κ3) is 3.87. The highest BCUT2D eigenvalue weighted by Crippen LogP contribution is 2.27. The molecule has 1 atom stereocenters. The zero-order valence-electron chi connectivity index (χ0n) is 14.3. The van der Waals surface area contributed by atoms with E-state index in [2.05, 4.69) is 10.00 Å². The highest BCUT2D eigenvalue weighted by atomic mass is 35.5. The van der Waals surface area contributed by atoms with Gasteiger partial charge in [-0.1, -0.05) is 25.4 Å². The molecule has 0 aliphatic carbocycles. The molecule has 23 heavy (non-hydrogen) atoms. The van der Waals surface area contributed by atoms with Crippen LogP contribution in [0.4, 0.5) is 0 Å². The van der Waals surface area contributed by atoms with Crippen molar-refractivity contribution >= 4 is 17.5 Å². The number of halogens is 1. The van der Waals surface area contributed by atoms with E-state index >= 15 is 0 Å². The van der Waals surface area contributed by atoms with Crippen LogP contribution in [0.25, 0.3) is 0 Å². The molecule has 1 fully saturated rings. The molecule has 6 nitrogen and oxygen atoms in total. The predicted molar refractivity (Wildman–Crippen MR) is 90.6 cm³/mol. The number of aryl methyl sites for hydroxylation is 1. The molecule has 0 aromatic carbocycles. The molecular weight excluding hydrogens is 316 g/mol. The van der Waals surface area contributed by atoms with Gasteiger partial charge >= 0.3 is 0 Å². The van der Waals surface area contributed by atoms with Crippen LogP contribution in [0.1, 0.15) is 42.9 Å². The first-order valence-corrected chi connectivity index (χ1v) is 8.81. The number of amides is 1. The van der Waals surface area contributed by atoms with Crippen LogP contribution in [-0.2, 0) is 13.1 Å². The lowest BCUT2D eigenvalue weighted by Crippen LogP contribution is -2.30. The number of aliphatic hydroxyl groups excluding tert-OH is 1. The second-order valence-corrected chi connectivity index (χ2v) is 6.39. The largest absolute Gasteiger partial charge is 0.396 e. The fourth-order valence-corrected chi connectivity index (χ4v) is 3.36. The maximum absolute atomic E-state index is 12.6. The second-order valence-electron chi connectivity index (χ2n) is 6.01. The van der Waals surface area contributed by atoms with Crippen LogP contribution in [-0.4, -0.2) is 63.9 Å². The van der Waals surface area contributed by atoms with Gasteiger partial charge in [-0.2, -0.15) is 5.10 Å². The highest BCUT2D eigenvalue weighted by Gasteiger charge is 2.31. The number of hydrogen-bond acceptors (Lipinski definition) is 4. The molecule has 0 spiro atoms. The first kappa shape index (κ1) is 18.2. The van der Waals surface area contributed by atoms with Crippen LogP contribution in [0.3, 0.4) is 0 Å². The van der Waals surface area contributed by atoms with Gasteiger partial charge in [0.25, 0.3) is 5.91 Å². The van der Waals surface area contributed by atoms with Crippen LogP contribution in [0.2, 0.25) is 5.02 Å². The van der Waals surface area contributed by atoms with Gasteiger partial charge in [0.1, 0.15) is 0 Å². The van der Waals surface area contributed by atoms with Crippen LogP contribution in [0.15, 0.2) is 0 Å². The molecule has 1 amide bonds. The number of rotatable bonds is 2. The van der Waals surface area contributed by atoms with Crippen LogP contribution < -0.4 is 0 Å². The van der Waals surface area contributed by atoms with Gasteiger partial charge in [0.15, 0.2) is 5.69 Å². The third-order valence-electron chi connectivity index (χ3n) is 4.36. The minimum atomic E-state index is -0.112. The monoisotopic (exact) mass is 342 g/mol. The number of carbonyl (C=O) groups excluding carboxylic acids is 1. The zero-order chi connectivity index (χ0) is 17.0. The molecule has 1 aromatic rings. The molecule has 1 saturated heterocycles. The molecule has 3 heterocycles. The summed E-state index contributed by atoms with van der Waals surface area (Å²) in [7, 11) is 2.05. The van der Waals surface area contributed by atoms with Crippen molar-refractivity contribution in [1.82, 2.24) is 19.6 Å². The fourth-order valence-electron chi connectivity index (χ4n) is 3.09. The van der Waals surface area contributed by atoms with Crippen molar-refractivity contribution in [3.05, 3.63) is 16.4 Å². The normalized spacial score (nSPS) is 21.4. The van der Waals surface area contributed by atoms with Gasteiger partial charge in [-0.05, 0) is 19.9 Å². The first-order chi connectivity index (χ1) is 11.1. The number of hydrogen-bond donors (Lipinski definition) is 1. The number of aliphatic hydroxyl groups is 1. The number of nitrogens with zero attached hydrogens (tertiary/aromatic N) is 4. The highest BCUT2D eigenvalue weighted by molar-refractivity contribution is 6.34. The molecule has 1 aromatic heterocycles. The van der Waals surface area contributed by atoms with Crippen molar-refractivity contribution in [3.8, 4) is 0 Å². The van der Waals surface area contributed by atoms with Gasteiger partial charge < -0.3 is 14.9 Å². The minimum Gasteiger partial charge on any atom is -0.396 e. The van der Waals surface area contributed by atoms with E-state index in [4.69, 9.17) is 11.6 Å². The summed E-state index contributed by atoms with van der Waals surface area (Å²) >= 11 is 6.42. The van der Waals surface area contributed by atoms with Crippen LogP contribution in [0.5, 0.6) is 0 Å². The standard InChI is InChI=1S/C14H21ClN4O2.C2H6/c1-17-4-2-5-19-11(8-17)12(15)13(16-19)14(21)18-6-3-10(7-18)9-20;1-2/h10,20H,2-9H2,1H3;1-2H3. The van der Waals surface area contributed by atoms with Gasteiger partial charge in [0.05, 0.1) is 10.7 Å². The molecule has 130 valence electrons. The molecule has 7 heteroatoms. The Hall–Kier alpha value is -1.11. The summed E-state index contributed by atoms with van der Waals surface area (Å²) in [6, 6.07) is 0. The second kappa shape index (κ2) is 8.13. The SMILES string of the molecule is CC.CN1CCCn2nc(C(=O)N3CCC(CO)C3)c(Cl)c2C1. The predicted octanol–water partition coefficient (Wildman–Crippen LogP) is 1.85. The molecule has 0 radical (unpaired) electrons. The minimum absolute atomic E-state index is 0.112. The lowest BCUT2D eigenvalue weighted by atomic mass is 10.1. The van der Waals surface area contributed by atoms with Crippen molar-refractivity contribution in [1.29, 1.82) is 0 Å². The van der Waals surface area contributed by atoms with E-state index in [1.165, 1.54) is 0 Å². The van der Waals surface area contributed by atoms with Gasteiger partial charge in [-0.25, -0.2) is 0 Å². The van der Waals surface area contributed by atoms with Crippen molar-refractivity contribution in [2.45, 2.75) is 39.8 Å². The summed E-state index contributed by atoms with van der Waals surface area (Å²) in [4.78, 5) is 16.5. The molecule has 2 aliphatic heterocycles. The number of aromatic nitrogens is 2. The summed E-state index contributed by atoms with van der Waals surface area (Å²) in [5.41, 5.74) is 1.29. The molecule has 1 unspecified atom stereocenters. The number of carbonyl (C=O) groups is 1. The molecule has 2 aliphatic rings. The summed E-state index contributed by atoms with van der Waals surface area (Å²) < 4.78 is 1.87. The summed E-state index contributed by atoms with van der Waals surface area (Å²) in [5.74, 6) is 0.0680. The van der Waals surface area contributed by atoms with Crippen molar-refractivity contribution in [2.24, 2.45) is 5.92 Å². The smallest absolute Gasteiger partial charge is 0.275 e. The maximum Gasteiger partial charge on any atom is 0.275 e. The Morgan fingerprint density at radius 1 is 1.35 bits per heavy atom. The third-order valence-corrected chi connectivity index (χ3v) is 4.75. The van der Waals surface area contributed by atoms with Crippen LogP contribution in [0, 0.1) is 5.92 Å². The van der Waals surface area contributed by atoms with Gasteiger partial charge in [-0.3, -0.25) is 9.48 Å². The van der Waals surface area contributed by atoms with E-state index in [1.54, 1.807) is 4.90 Å². The van der Waals surface area contributed by atoms with Gasteiger partial charge in [0, 0.05) is 45.2 Å². The Balaban J connectivity index is 0.000000924. The molecule has 0 saturated carbocycles. The van der Waals surface area contributed by atoms with Crippen molar-refractivity contribution in [2.75, 3.05) is 33.3 Å². The van der Waals surface area contributed by atoms with Gasteiger partial charge in [-0.15, -0.1) is 0 Å². The number of likely N-dealkylation sites (tertiary alicyclic amines) is 1. The Bertz CT molecular complexity index is 546. The van der Waals surface area contributed by atoms with E-state index in [0.717, 1.165) is 38.2 Å². The van der Waals surface area contributed by atoms with E-state index < -0.39 is 0 Å². The molecular formula is C16H27ClN4O2. The summed E-state index contributed by atoms with van der Waals surface area (Å²) in [6.45, 7) is 7.91. The van der Waals surface area contributed by atoms with Crippen molar-refractivity contribution in [3.63, 3.8) is 0 Å². The fraction of sp³-hybridized carbons (Fsp3) is 0.750. The van der Waals surface area contributed by atoms with E-state index in [0.29, 0.717) is 23.8 Å². The molecule has 3 rings (SSSR count). The Morgan fingerprint density at radius 2 is 2.09 bits per heavy atom. The lowest BCUT2D eigenvalue weighted by Gasteiger charge is -2.15. The van der Waals surface area contributed by atoms with Gasteiger partial charge in [0.2, 0.25) is 0 Å². The summed E-state index contributed by atoms with van der Waals surface area (Å²) in [5, 5.41) is 14.1. The Kier molecular flexibility index (Phi) is 6.44. The van der Waals surface area contributed by atoms with Crippen LogP contribution >= 0.6 is 11.6 Å². The summed E-state index contributed by atoms with van der Waals surface area (Å²) in [6.07, 6.45) is 1.85. The first-order valence-electron chi connectivity index (χ1n) is 8.44.